The normalized spacial score (nSPS) is 10.3. The first kappa shape index (κ1) is 12.3. The number of aromatic nitrogens is 1. The zero-order chi connectivity index (χ0) is 12.0. The van der Waals surface area contributed by atoms with Crippen LogP contribution in [0.5, 0.6) is 11.8 Å². The van der Waals surface area contributed by atoms with Crippen LogP contribution in [0.2, 0.25) is 0 Å². The van der Waals surface area contributed by atoms with E-state index in [9.17, 15) is 4.79 Å². The van der Waals surface area contributed by atoms with E-state index in [1.807, 2.05) is 0 Å². The minimum Gasteiger partial charge on any atom is -0.492 e. The van der Waals surface area contributed by atoms with E-state index in [2.05, 4.69) is 4.84 Å². The van der Waals surface area contributed by atoms with Crippen molar-refractivity contribution in [3.8, 4) is 11.8 Å². The fraction of sp³-hybridized carbons (Fsp3) is 0.444. The lowest BCUT2D eigenvalue weighted by atomic mass is 10.6. The van der Waals surface area contributed by atoms with Gasteiger partial charge in [0.2, 0.25) is 11.8 Å². The van der Waals surface area contributed by atoms with Gasteiger partial charge in [-0.05, 0) is 0 Å². The van der Waals surface area contributed by atoms with Gasteiger partial charge in [0.05, 0.1) is 13.2 Å². The van der Waals surface area contributed by atoms with E-state index >= 15 is 0 Å². The zero-order valence-electron chi connectivity index (χ0n) is 8.75. The first-order valence-corrected chi connectivity index (χ1v) is 4.52. The molecule has 0 bridgehead atoms. The number of ether oxygens (including phenoxy) is 2. The maximum Gasteiger partial charge on any atom is 0.358 e. The number of methoxy groups -OCH3 is 1. The Labute approximate surface area is 91.7 Å². The van der Waals surface area contributed by atoms with Crippen LogP contribution in [0.3, 0.4) is 0 Å². The van der Waals surface area contributed by atoms with Crippen molar-refractivity contribution >= 4 is 5.97 Å². The second-order valence-corrected chi connectivity index (χ2v) is 2.85. The number of hydrogen-bond acceptors (Lipinski definition) is 6. The van der Waals surface area contributed by atoms with Crippen molar-refractivity contribution in [3.63, 3.8) is 0 Å². The number of carbonyl (C=O) groups excluding carboxylic acids is 1. The molecule has 0 spiro atoms. The van der Waals surface area contributed by atoms with Gasteiger partial charge in [-0.3, -0.25) is 0 Å². The first-order chi connectivity index (χ1) is 7.65. The lowest BCUT2D eigenvalue weighted by Crippen LogP contribution is -2.24. The summed E-state index contributed by atoms with van der Waals surface area (Å²) in [6.07, 6.45) is 0. The summed E-state index contributed by atoms with van der Waals surface area (Å²) in [4.78, 5) is 15.8. The largest absolute Gasteiger partial charge is 0.492 e. The SMILES string of the molecule is COCCOCC(=O)On1c(O)ccc1O. The summed E-state index contributed by atoms with van der Waals surface area (Å²) >= 11 is 0. The van der Waals surface area contributed by atoms with Crippen LogP contribution in [0.25, 0.3) is 0 Å². The van der Waals surface area contributed by atoms with Crippen molar-refractivity contribution in [3.05, 3.63) is 12.1 Å². The highest BCUT2D eigenvalue weighted by molar-refractivity contribution is 5.71. The highest BCUT2D eigenvalue weighted by atomic mass is 16.7. The predicted molar refractivity (Wildman–Crippen MR) is 52.0 cm³/mol. The summed E-state index contributed by atoms with van der Waals surface area (Å²) in [5.41, 5.74) is 0. The quantitative estimate of drug-likeness (QED) is 0.642. The highest BCUT2D eigenvalue weighted by Crippen LogP contribution is 2.18. The molecule has 1 rings (SSSR count). The molecule has 0 fully saturated rings. The highest BCUT2D eigenvalue weighted by Gasteiger charge is 2.11. The van der Waals surface area contributed by atoms with E-state index in [0.717, 1.165) is 0 Å². The molecule has 0 unspecified atom stereocenters. The Balaban J connectivity index is 2.34. The molecular formula is C9H13NO6. The molecule has 1 heterocycles. The fourth-order valence-electron chi connectivity index (χ4n) is 0.921. The molecule has 7 heteroatoms. The summed E-state index contributed by atoms with van der Waals surface area (Å²) in [6, 6.07) is 2.38. The number of carbonyl (C=O) groups is 1. The number of rotatable bonds is 6. The van der Waals surface area contributed by atoms with Gasteiger partial charge in [-0.25, -0.2) is 4.79 Å². The maximum absolute atomic E-state index is 11.1. The van der Waals surface area contributed by atoms with Gasteiger partial charge in [-0.1, -0.05) is 0 Å². The Kier molecular flexibility index (Phi) is 4.62. The van der Waals surface area contributed by atoms with Crippen LogP contribution in [0.4, 0.5) is 0 Å². The van der Waals surface area contributed by atoms with Crippen molar-refractivity contribution < 1.29 is 29.3 Å². The number of aromatic hydroxyl groups is 2. The molecule has 7 nitrogen and oxygen atoms in total. The monoisotopic (exact) mass is 231 g/mol. The molecule has 0 saturated heterocycles. The Morgan fingerprint density at radius 1 is 1.31 bits per heavy atom. The smallest absolute Gasteiger partial charge is 0.358 e. The topological polar surface area (TPSA) is 90.2 Å². The average molecular weight is 231 g/mol. The Hall–Kier alpha value is -1.73. The van der Waals surface area contributed by atoms with Gasteiger partial charge in [-0.15, -0.1) is 4.73 Å². The number of nitrogens with zero attached hydrogens (tertiary/aromatic N) is 1. The standard InChI is InChI=1S/C9H13NO6/c1-14-4-5-15-6-9(13)16-10-7(11)2-3-8(10)12/h2-3,11-12H,4-6H2,1H3. The van der Waals surface area contributed by atoms with E-state index in [1.54, 1.807) is 0 Å². The van der Waals surface area contributed by atoms with E-state index < -0.39 is 5.97 Å². The Bertz CT molecular complexity index is 328. The first-order valence-electron chi connectivity index (χ1n) is 4.52. The fourth-order valence-corrected chi connectivity index (χ4v) is 0.921. The van der Waals surface area contributed by atoms with Crippen molar-refractivity contribution in [2.45, 2.75) is 0 Å². The van der Waals surface area contributed by atoms with Gasteiger partial charge in [0.15, 0.2) is 0 Å². The molecule has 16 heavy (non-hydrogen) atoms. The second kappa shape index (κ2) is 5.99. The van der Waals surface area contributed by atoms with Gasteiger partial charge >= 0.3 is 5.97 Å². The molecule has 90 valence electrons. The van der Waals surface area contributed by atoms with Gasteiger partial charge in [0.1, 0.15) is 6.61 Å². The molecule has 0 radical (unpaired) electrons. The average Bonchev–Trinajstić information content (AvgIpc) is 2.56. The second-order valence-electron chi connectivity index (χ2n) is 2.85. The Morgan fingerprint density at radius 3 is 2.50 bits per heavy atom. The van der Waals surface area contributed by atoms with E-state index in [-0.39, 0.29) is 25.0 Å². The van der Waals surface area contributed by atoms with Crippen molar-refractivity contribution in [2.75, 3.05) is 26.9 Å². The lowest BCUT2D eigenvalue weighted by Gasteiger charge is -2.07. The third kappa shape index (κ3) is 3.44. The Morgan fingerprint density at radius 2 is 1.94 bits per heavy atom. The summed E-state index contributed by atoms with van der Waals surface area (Å²) in [5, 5.41) is 18.3. The summed E-state index contributed by atoms with van der Waals surface area (Å²) in [5.74, 6) is -1.48. The van der Waals surface area contributed by atoms with Gasteiger partial charge in [-0.2, -0.15) is 0 Å². The van der Waals surface area contributed by atoms with Crippen LogP contribution in [-0.4, -0.2) is 47.8 Å². The molecule has 2 N–H and O–H groups in total. The van der Waals surface area contributed by atoms with Gasteiger partial charge in [0.25, 0.3) is 0 Å². The van der Waals surface area contributed by atoms with E-state index in [1.165, 1.54) is 19.2 Å². The molecule has 0 aliphatic heterocycles. The summed E-state index contributed by atoms with van der Waals surface area (Å²) < 4.78 is 10.2. The molecule has 0 amide bonds. The lowest BCUT2D eigenvalue weighted by molar-refractivity contribution is -0.151. The molecule has 0 aliphatic carbocycles. The van der Waals surface area contributed by atoms with Gasteiger partial charge in [0, 0.05) is 19.2 Å². The predicted octanol–water partition coefficient (Wildman–Crippen LogP) is -0.483. The molecule has 1 aromatic rings. The van der Waals surface area contributed by atoms with Crippen LogP contribution in [0.15, 0.2) is 12.1 Å². The van der Waals surface area contributed by atoms with Crippen LogP contribution in [0.1, 0.15) is 0 Å². The molecule has 1 aromatic heterocycles. The van der Waals surface area contributed by atoms with Crippen LogP contribution in [0, 0.1) is 0 Å². The maximum atomic E-state index is 11.1. The molecule has 0 aromatic carbocycles. The van der Waals surface area contributed by atoms with Crippen LogP contribution < -0.4 is 4.84 Å². The van der Waals surface area contributed by atoms with Crippen LogP contribution in [-0.2, 0) is 14.3 Å². The minimum absolute atomic E-state index is 0.259. The third-order valence-electron chi connectivity index (χ3n) is 1.64. The van der Waals surface area contributed by atoms with E-state index in [0.29, 0.717) is 11.3 Å². The molecule has 0 atom stereocenters. The summed E-state index contributed by atoms with van der Waals surface area (Å²) in [7, 11) is 1.51. The zero-order valence-corrected chi connectivity index (χ0v) is 8.75. The number of hydrogen-bond donors (Lipinski definition) is 2. The van der Waals surface area contributed by atoms with Crippen LogP contribution >= 0.6 is 0 Å². The molecule has 0 aliphatic rings. The van der Waals surface area contributed by atoms with Crippen molar-refractivity contribution in [1.29, 1.82) is 0 Å². The third-order valence-corrected chi connectivity index (χ3v) is 1.64. The van der Waals surface area contributed by atoms with E-state index in [4.69, 9.17) is 19.7 Å². The minimum atomic E-state index is -0.738. The van der Waals surface area contributed by atoms with Crippen molar-refractivity contribution in [1.82, 2.24) is 4.73 Å². The summed E-state index contributed by atoms with van der Waals surface area (Å²) in [6.45, 7) is 0.336. The van der Waals surface area contributed by atoms with Gasteiger partial charge < -0.3 is 24.5 Å². The molecular weight excluding hydrogens is 218 g/mol. The van der Waals surface area contributed by atoms with Crippen molar-refractivity contribution in [2.24, 2.45) is 0 Å². The molecule has 0 saturated carbocycles.